The third-order valence-corrected chi connectivity index (χ3v) is 3.52. The van der Waals surface area contributed by atoms with Crippen molar-refractivity contribution in [1.29, 1.82) is 0 Å². The first-order valence-corrected chi connectivity index (χ1v) is 6.76. The van der Waals surface area contributed by atoms with E-state index < -0.39 is 0 Å². The van der Waals surface area contributed by atoms with Crippen LogP contribution in [0.1, 0.15) is 33.1 Å². The fourth-order valence-electron chi connectivity index (χ4n) is 2.58. The van der Waals surface area contributed by atoms with Crippen LogP contribution in [0.15, 0.2) is 0 Å². The fraction of sp³-hybridized carbons (Fsp3) is 1.00. The van der Waals surface area contributed by atoms with E-state index in [1.165, 1.54) is 32.5 Å². The molecular weight excluding hydrogens is 198 g/mol. The number of likely N-dealkylation sites (tertiary alicyclic amines) is 1. The summed E-state index contributed by atoms with van der Waals surface area (Å²) in [7, 11) is 2.25. The van der Waals surface area contributed by atoms with Crippen LogP contribution in [0.3, 0.4) is 0 Å². The normalized spacial score (nSPS) is 19.9. The molecule has 1 aliphatic rings. The van der Waals surface area contributed by atoms with Crippen LogP contribution in [0.4, 0.5) is 0 Å². The van der Waals surface area contributed by atoms with Crippen molar-refractivity contribution in [2.24, 2.45) is 11.7 Å². The molecule has 1 heterocycles. The molecule has 0 amide bonds. The van der Waals surface area contributed by atoms with Gasteiger partial charge in [0.05, 0.1) is 0 Å². The number of nitrogens with zero attached hydrogens (tertiary/aromatic N) is 2. The van der Waals surface area contributed by atoms with Gasteiger partial charge >= 0.3 is 0 Å². The Morgan fingerprint density at radius 1 is 1.31 bits per heavy atom. The molecule has 0 aliphatic carbocycles. The Morgan fingerprint density at radius 3 is 2.44 bits per heavy atom. The summed E-state index contributed by atoms with van der Waals surface area (Å²) in [5, 5.41) is 0. The molecule has 1 rings (SSSR count). The largest absolute Gasteiger partial charge is 0.330 e. The molecule has 0 atom stereocenters. The lowest BCUT2D eigenvalue weighted by Gasteiger charge is -2.37. The van der Waals surface area contributed by atoms with Crippen molar-refractivity contribution in [2.45, 2.75) is 39.2 Å². The highest BCUT2D eigenvalue weighted by atomic mass is 15.2. The van der Waals surface area contributed by atoms with Crippen molar-refractivity contribution in [1.82, 2.24) is 9.80 Å². The third-order valence-electron chi connectivity index (χ3n) is 3.52. The number of nitrogens with two attached hydrogens (primary N) is 1. The maximum absolute atomic E-state index is 5.55. The SMILES string of the molecule is CC(C)CN1CCC(N(C)CCCN)CC1. The zero-order chi connectivity index (χ0) is 12.0. The number of hydrogen-bond acceptors (Lipinski definition) is 3. The van der Waals surface area contributed by atoms with E-state index in [1.807, 2.05) is 0 Å². The summed E-state index contributed by atoms with van der Waals surface area (Å²) in [5.41, 5.74) is 5.55. The zero-order valence-electron chi connectivity index (χ0n) is 11.3. The second-order valence-electron chi connectivity index (χ2n) is 5.55. The van der Waals surface area contributed by atoms with Crippen LogP contribution >= 0.6 is 0 Å². The molecule has 0 saturated carbocycles. The highest BCUT2D eigenvalue weighted by Gasteiger charge is 2.22. The topological polar surface area (TPSA) is 32.5 Å². The van der Waals surface area contributed by atoms with Gasteiger partial charge in [0, 0.05) is 12.6 Å². The molecule has 1 aliphatic heterocycles. The summed E-state index contributed by atoms with van der Waals surface area (Å²) in [6.07, 6.45) is 3.78. The molecule has 0 unspecified atom stereocenters. The highest BCUT2D eigenvalue weighted by Crippen LogP contribution is 2.16. The Bertz CT molecular complexity index is 174. The maximum Gasteiger partial charge on any atom is 0.0117 e. The maximum atomic E-state index is 5.55. The van der Waals surface area contributed by atoms with Gasteiger partial charge in [0.25, 0.3) is 0 Å². The van der Waals surface area contributed by atoms with Crippen molar-refractivity contribution in [2.75, 3.05) is 39.8 Å². The second kappa shape index (κ2) is 7.25. The standard InChI is InChI=1S/C13H29N3/c1-12(2)11-16-9-5-13(6-10-16)15(3)8-4-7-14/h12-13H,4-11,14H2,1-3H3. The Hall–Kier alpha value is -0.120. The van der Waals surface area contributed by atoms with E-state index in [2.05, 4.69) is 30.7 Å². The predicted octanol–water partition coefficient (Wildman–Crippen LogP) is 1.39. The van der Waals surface area contributed by atoms with E-state index in [0.29, 0.717) is 0 Å². The van der Waals surface area contributed by atoms with Crippen LogP contribution in [-0.2, 0) is 0 Å². The van der Waals surface area contributed by atoms with Gasteiger partial charge in [-0.05, 0) is 58.4 Å². The summed E-state index contributed by atoms with van der Waals surface area (Å²) < 4.78 is 0. The van der Waals surface area contributed by atoms with E-state index in [-0.39, 0.29) is 0 Å². The number of rotatable bonds is 6. The van der Waals surface area contributed by atoms with Gasteiger partial charge in [0.2, 0.25) is 0 Å². The Kier molecular flexibility index (Phi) is 6.32. The van der Waals surface area contributed by atoms with Crippen LogP contribution in [0.25, 0.3) is 0 Å². The van der Waals surface area contributed by atoms with Gasteiger partial charge in [-0.2, -0.15) is 0 Å². The fourth-order valence-corrected chi connectivity index (χ4v) is 2.58. The molecule has 0 aromatic heterocycles. The van der Waals surface area contributed by atoms with E-state index >= 15 is 0 Å². The van der Waals surface area contributed by atoms with Crippen LogP contribution in [0, 0.1) is 5.92 Å². The highest BCUT2D eigenvalue weighted by molar-refractivity contribution is 4.78. The summed E-state index contributed by atoms with van der Waals surface area (Å²) in [6.45, 7) is 10.4. The molecule has 1 fully saturated rings. The molecule has 0 bridgehead atoms. The summed E-state index contributed by atoms with van der Waals surface area (Å²) in [6, 6.07) is 0.787. The van der Waals surface area contributed by atoms with Crippen molar-refractivity contribution in [3.05, 3.63) is 0 Å². The van der Waals surface area contributed by atoms with Crippen molar-refractivity contribution < 1.29 is 0 Å². The van der Waals surface area contributed by atoms with Crippen LogP contribution in [0.2, 0.25) is 0 Å². The zero-order valence-corrected chi connectivity index (χ0v) is 11.3. The van der Waals surface area contributed by atoms with Crippen LogP contribution in [0.5, 0.6) is 0 Å². The molecule has 1 saturated heterocycles. The first-order chi connectivity index (χ1) is 7.63. The van der Waals surface area contributed by atoms with E-state index in [0.717, 1.165) is 31.5 Å². The summed E-state index contributed by atoms with van der Waals surface area (Å²) >= 11 is 0. The molecule has 3 heteroatoms. The molecule has 0 aromatic carbocycles. The van der Waals surface area contributed by atoms with Gasteiger partial charge in [-0.3, -0.25) is 0 Å². The van der Waals surface area contributed by atoms with Gasteiger partial charge in [-0.1, -0.05) is 13.8 Å². The third kappa shape index (κ3) is 4.81. The molecule has 3 nitrogen and oxygen atoms in total. The summed E-state index contributed by atoms with van der Waals surface area (Å²) in [4.78, 5) is 5.11. The van der Waals surface area contributed by atoms with Gasteiger partial charge in [0.15, 0.2) is 0 Å². The van der Waals surface area contributed by atoms with Gasteiger partial charge in [0.1, 0.15) is 0 Å². The molecule has 96 valence electrons. The van der Waals surface area contributed by atoms with E-state index in [1.54, 1.807) is 0 Å². The molecule has 0 radical (unpaired) electrons. The number of piperidine rings is 1. The van der Waals surface area contributed by atoms with Crippen molar-refractivity contribution in [3.8, 4) is 0 Å². The first-order valence-electron chi connectivity index (χ1n) is 6.76. The van der Waals surface area contributed by atoms with E-state index in [4.69, 9.17) is 5.73 Å². The minimum Gasteiger partial charge on any atom is -0.330 e. The molecule has 0 aromatic rings. The van der Waals surface area contributed by atoms with Crippen LogP contribution < -0.4 is 5.73 Å². The smallest absolute Gasteiger partial charge is 0.0117 e. The molecular formula is C13H29N3. The number of hydrogen-bond donors (Lipinski definition) is 1. The first kappa shape index (κ1) is 13.9. The molecule has 16 heavy (non-hydrogen) atoms. The second-order valence-corrected chi connectivity index (χ2v) is 5.55. The lowest BCUT2D eigenvalue weighted by atomic mass is 10.0. The summed E-state index contributed by atoms with van der Waals surface area (Å²) in [5.74, 6) is 0.798. The lowest BCUT2D eigenvalue weighted by Crippen LogP contribution is -2.44. The van der Waals surface area contributed by atoms with Crippen LogP contribution in [-0.4, -0.2) is 55.6 Å². The predicted molar refractivity (Wildman–Crippen MR) is 70.6 cm³/mol. The minimum atomic E-state index is 0.787. The average molecular weight is 227 g/mol. The Labute approximate surface area is 101 Å². The Balaban J connectivity index is 2.20. The van der Waals surface area contributed by atoms with E-state index in [9.17, 15) is 0 Å². The van der Waals surface area contributed by atoms with Gasteiger partial charge in [-0.25, -0.2) is 0 Å². The van der Waals surface area contributed by atoms with Crippen molar-refractivity contribution >= 4 is 0 Å². The molecule has 2 N–H and O–H groups in total. The average Bonchev–Trinajstić information content (AvgIpc) is 2.26. The Morgan fingerprint density at radius 2 is 1.94 bits per heavy atom. The van der Waals surface area contributed by atoms with Gasteiger partial charge < -0.3 is 15.5 Å². The quantitative estimate of drug-likeness (QED) is 0.744. The minimum absolute atomic E-state index is 0.787. The monoisotopic (exact) mass is 227 g/mol. The van der Waals surface area contributed by atoms with Crippen molar-refractivity contribution in [3.63, 3.8) is 0 Å². The lowest BCUT2D eigenvalue weighted by molar-refractivity contribution is 0.119. The van der Waals surface area contributed by atoms with Gasteiger partial charge in [-0.15, -0.1) is 0 Å². The molecule has 0 spiro atoms.